The lowest BCUT2D eigenvalue weighted by Crippen LogP contribution is -2.07. The van der Waals surface area contributed by atoms with E-state index < -0.39 is 0 Å². The van der Waals surface area contributed by atoms with Gasteiger partial charge in [0.25, 0.3) is 0 Å². The first-order valence-electron chi connectivity index (χ1n) is 7.40. The van der Waals surface area contributed by atoms with Gasteiger partial charge in [-0.2, -0.15) is 0 Å². The molecule has 1 N–H and O–H groups in total. The molecule has 0 amide bonds. The summed E-state index contributed by atoms with van der Waals surface area (Å²) in [5.74, 6) is 0. The molecule has 1 heterocycles. The van der Waals surface area contributed by atoms with Crippen LogP contribution in [0.5, 0.6) is 0 Å². The van der Waals surface area contributed by atoms with E-state index in [2.05, 4.69) is 11.9 Å². The number of aliphatic hydroxyl groups is 1. The molecule has 0 aliphatic rings. The number of unbranched alkanes of at least 4 members (excludes halogenated alkanes) is 5. The van der Waals surface area contributed by atoms with Gasteiger partial charge in [0.15, 0.2) is 0 Å². The van der Waals surface area contributed by atoms with Crippen molar-refractivity contribution in [3.63, 3.8) is 0 Å². The molecule has 1 unspecified atom stereocenters. The Labute approximate surface area is 111 Å². The summed E-state index contributed by atoms with van der Waals surface area (Å²) in [6.45, 7) is 2.24. The number of nitrogens with zero attached hydrogens (tertiary/aromatic N) is 1. The van der Waals surface area contributed by atoms with Crippen LogP contribution in [-0.2, 0) is 6.42 Å². The Balaban J connectivity index is 1.99. The Kier molecular flexibility index (Phi) is 8.49. The molecule has 0 spiro atoms. The number of hydrogen-bond donors (Lipinski definition) is 1. The molecule has 0 bridgehead atoms. The second-order valence-corrected chi connectivity index (χ2v) is 5.10. The number of aromatic nitrogens is 1. The predicted molar refractivity (Wildman–Crippen MR) is 76.6 cm³/mol. The van der Waals surface area contributed by atoms with Gasteiger partial charge in [-0.15, -0.1) is 0 Å². The topological polar surface area (TPSA) is 33.1 Å². The van der Waals surface area contributed by atoms with Crippen molar-refractivity contribution in [2.75, 3.05) is 0 Å². The van der Waals surface area contributed by atoms with Gasteiger partial charge in [0.05, 0.1) is 6.10 Å². The van der Waals surface area contributed by atoms with Crippen LogP contribution in [0, 0.1) is 0 Å². The summed E-state index contributed by atoms with van der Waals surface area (Å²) in [6, 6.07) is 4.05. The van der Waals surface area contributed by atoms with Crippen molar-refractivity contribution in [1.29, 1.82) is 0 Å². The van der Waals surface area contributed by atoms with Crippen molar-refractivity contribution < 1.29 is 5.11 Å². The van der Waals surface area contributed by atoms with E-state index in [9.17, 15) is 5.11 Å². The SMILES string of the molecule is CCCCCCCCC(O)CCc1ccncc1. The molecule has 0 aliphatic heterocycles. The van der Waals surface area contributed by atoms with Crippen molar-refractivity contribution in [1.82, 2.24) is 4.98 Å². The van der Waals surface area contributed by atoms with Crippen LogP contribution < -0.4 is 0 Å². The van der Waals surface area contributed by atoms with Crippen molar-refractivity contribution in [2.45, 2.75) is 70.8 Å². The van der Waals surface area contributed by atoms with Gasteiger partial charge in [-0.05, 0) is 37.0 Å². The van der Waals surface area contributed by atoms with Gasteiger partial charge >= 0.3 is 0 Å². The van der Waals surface area contributed by atoms with Gasteiger partial charge in [0, 0.05) is 12.4 Å². The van der Waals surface area contributed by atoms with Gasteiger partial charge < -0.3 is 5.11 Å². The molecule has 2 heteroatoms. The Hall–Kier alpha value is -0.890. The van der Waals surface area contributed by atoms with Gasteiger partial charge in [-0.25, -0.2) is 0 Å². The maximum atomic E-state index is 9.90. The molecule has 1 atom stereocenters. The highest BCUT2D eigenvalue weighted by Crippen LogP contribution is 2.12. The van der Waals surface area contributed by atoms with Crippen LogP contribution in [0.15, 0.2) is 24.5 Å². The molecule has 0 aromatic carbocycles. The number of rotatable bonds is 10. The largest absolute Gasteiger partial charge is 0.393 e. The van der Waals surface area contributed by atoms with Crippen LogP contribution in [-0.4, -0.2) is 16.2 Å². The fourth-order valence-corrected chi connectivity index (χ4v) is 2.19. The van der Waals surface area contributed by atoms with E-state index in [1.807, 2.05) is 24.5 Å². The Morgan fingerprint density at radius 1 is 1.00 bits per heavy atom. The fourth-order valence-electron chi connectivity index (χ4n) is 2.19. The van der Waals surface area contributed by atoms with E-state index in [1.54, 1.807) is 0 Å². The molecular formula is C16H27NO. The van der Waals surface area contributed by atoms with Crippen LogP contribution in [0.1, 0.15) is 63.9 Å². The minimum absolute atomic E-state index is 0.135. The minimum Gasteiger partial charge on any atom is -0.393 e. The fraction of sp³-hybridized carbons (Fsp3) is 0.688. The zero-order valence-corrected chi connectivity index (χ0v) is 11.6. The summed E-state index contributed by atoms with van der Waals surface area (Å²) < 4.78 is 0. The first-order valence-corrected chi connectivity index (χ1v) is 7.40. The third-order valence-electron chi connectivity index (χ3n) is 3.41. The maximum absolute atomic E-state index is 9.90. The third kappa shape index (κ3) is 7.44. The average molecular weight is 249 g/mol. The quantitative estimate of drug-likeness (QED) is 0.633. The highest BCUT2D eigenvalue weighted by Gasteiger charge is 2.04. The lowest BCUT2D eigenvalue weighted by atomic mass is 10.0. The van der Waals surface area contributed by atoms with Crippen molar-refractivity contribution >= 4 is 0 Å². The summed E-state index contributed by atoms with van der Waals surface area (Å²) in [4.78, 5) is 4.00. The second-order valence-electron chi connectivity index (χ2n) is 5.10. The molecule has 1 aromatic heterocycles. The van der Waals surface area contributed by atoms with E-state index in [0.717, 1.165) is 19.3 Å². The van der Waals surface area contributed by atoms with E-state index in [1.165, 1.54) is 44.1 Å². The third-order valence-corrected chi connectivity index (χ3v) is 3.41. The van der Waals surface area contributed by atoms with Crippen LogP contribution in [0.4, 0.5) is 0 Å². The first kappa shape index (κ1) is 15.2. The monoisotopic (exact) mass is 249 g/mol. The standard InChI is InChI=1S/C16H27NO/c1-2-3-4-5-6-7-8-16(18)10-9-15-11-13-17-14-12-15/h11-14,16,18H,2-10H2,1H3. The van der Waals surface area contributed by atoms with Crippen molar-refractivity contribution in [2.24, 2.45) is 0 Å². The Bertz CT molecular complexity index is 286. The van der Waals surface area contributed by atoms with Crippen LogP contribution in [0.25, 0.3) is 0 Å². The van der Waals surface area contributed by atoms with Gasteiger partial charge in [0.2, 0.25) is 0 Å². The molecule has 0 aliphatic carbocycles. The van der Waals surface area contributed by atoms with E-state index in [0.29, 0.717) is 0 Å². The molecule has 102 valence electrons. The molecule has 0 saturated carbocycles. The molecule has 18 heavy (non-hydrogen) atoms. The highest BCUT2D eigenvalue weighted by molar-refractivity contribution is 5.09. The Morgan fingerprint density at radius 2 is 1.67 bits per heavy atom. The summed E-state index contributed by atoms with van der Waals surface area (Å²) in [5, 5.41) is 9.90. The van der Waals surface area contributed by atoms with Crippen LogP contribution in [0.2, 0.25) is 0 Å². The lowest BCUT2D eigenvalue weighted by molar-refractivity contribution is 0.151. The smallest absolute Gasteiger partial charge is 0.0543 e. The summed E-state index contributed by atoms with van der Waals surface area (Å²) in [6.07, 6.45) is 14.0. The van der Waals surface area contributed by atoms with Crippen molar-refractivity contribution in [3.8, 4) is 0 Å². The van der Waals surface area contributed by atoms with Crippen molar-refractivity contribution in [3.05, 3.63) is 30.1 Å². The van der Waals surface area contributed by atoms with E-state index in [4.69, 9.17) is 0 Å². The Morgan fingerprint density at radius 3 is 2.39 bits per heavy atom. The first-order chi connectivity index (χ1) is 8.83. The number of aryl methyl sites for hydroxylation is 1. The predicted octanol–water partition coefficient (Wildman–Crippen LogP) is 4.13. The van der Waals surface area contributed by atoms with Crippen LogP contribution in [0.3, 0.4) is 0 Å². The summed E-state index contributed by atoms with van der Waals surface area (Å²) >= 11 is 0. The zero-order valence-electron chi connectivity index (χ0n) is 11.6. The molecule has 0 saturated heterocycles. The average Bonchev–Trinajstić information content (AvgIpc) is 2.41. The van der Waals surface area contributed by atoms with Gasteiger partial charge in [-0.3, -0.25) is 4.98 Å². The molecule has 1 rings (SSSR count). The minimum atomic E-state index is -0.135. The normalized spacial score (nSPS) is 12.6. The molecular weight excluding hydrogens is 222 g/mol. The molecule has 0 fully saturated rings. The highest BCUT2D eigenvalue weighted by atomic mass is 16.3. The second kappa shape index (κ2) is 10.1. The molecule has 1 aromatic rings. The van der Waals surface area contributed by atoms with Gasteiger partial charge in [0.1, 0.15) is 0 Å². The van der Waals surface area contributed by atoms with Crippen LogP contribution >= 0.6 is 0 Å². The summed E-state index contributed by atoms with van der Waals surface area (Å²) in [5.41, 5.74) is 1.27. The number of pyridine rings is 1. The molecule has 0 radical (unpaired) electrons. The number of hydrogen-bond acceptors (Lipinski definition) is 2. The summed E-state index contributed by atoms with van der Waals surface area (Å²) in [7, 11) is 0. The van der Waals surface area contributed by atoms with E-state index >= 15 is 0 Å². The lowest BCUT2D eigenvalue weighted by Gasteiger charge is -2.10. The maximum Gasteiger partial charge on any atom is 0.0543 e. The number of aliphatic hydroxyl groups excluding tert-OH is 1. The van der Waals surface area contributed by atoms with Gasteiger partial charge in [-0.1, -0.05) is 45.4 Å². The molecule has 2 nitrogen and oxygen atoms in total. The van der Waals surface area contributed by atoms with E-state index in [-0.39, 0.29) is 6.10 Å². The zero-order chi connectivity index (χ0) is 13.1.